The highest BCUT2D eigenvalue weighted by Crippen LogP contribution is 2.51. The molecule has 2 rings (SSSR count). The van der Waals surface area contributed by atoms with Gasteiger partial charge in [0, 0.05) is 11.1 Å². The lowest BCUT2D eigenvalue weighted by Crippen LogP contribution is -2.22. The lowest BCUT2D eigenvalue weighted by Gasteiger charge is -2.14. The summed E-state index contributed by atoms with van der Waals surface area (Å²) in [4.78, 5) is 0. The Labute approximate surface area is 78.7 Å². The molecule has 2 heteroatoms. The fourth-order valence-electron chi connectivity index (χ4n) is 1.85. The zero-order valence-corrected chi connectivity index (χ0v) is 8.08. The minimum atomic E-state index is -0.132. The van der Waals surface area contributed by atoms with E-state index in [-0.39, 0.29) is 5.54 Å². The van der Waals surface area contributed by atoms with Crippen molar-refractivity contribution in [3.8, 4) is 5.75 Å². The second-order valence-electron chi connectivity index (χ2n) is 3.85. The van der Waals surface area contributed by atoms with Crippen molar-refractivity contribution in [1.29, 1.82) is 0 Å². The van der Waals surface area contributed by atoms with E-state index >= 15 is 0 Å². The Balaban J connectivity index is 2.40. The molecule has 0 saturated heterocycles. The average Bonchev–Trinajstić information content (AvgIpc) is 2.76. The first-order valence-electron chi connectivity index (χ1n) is 4.61. The van der Waals surface area contributed by atoms with Crippen LogP contribution in [0.5, 0.6) is 5.75 Å². The molecule has 1 aromatic carbocycles. The summed E-state index contributed by atoms with van der Waals surface area (Å²) in [6.45, 7) is 2.17. The van der Waals surface area contributed by atoms with Gasteiger partial charge in [-0.3, -0.25) is 0 Å². The number of para-hydroxylation sites is 1. The van der Waals surface area contributed by atoms with E-state index in [1.165, 1.54) is 0 Å². The minimum absolute atomic E-state index is 0.132. The highest BCUT2D eigenvalue weighted by atomic mass is 16.5. The highest BCUT2D eigenvalue weighted by molar-refractivity contribution is 5.43. The van der Waals surface area contributed by atoms with Gasteiger partial charge in [0.15, 0.2) is 0 Å². The zero-order chi connectivity index (χ0) is 9.47. The van der Waals surface area contributed by atoms with Gasteiger partial charge < -0.3 is 10.5 Å². The maximum Gasteiger partial charge on any atom is 0.123 e. The van der Waals surface area contributed by atoms with E-state index in [0.717, 1.165) is 17.7 Å². The van der Waals surface area contributed by atoms with Crippen molar-refractivity contribution in [3.05, 3.63) is 29.8 Å². The van der Waals surface area contributed by atoms with E-state index in [1.807, 2.05) is 18.2 Å². The molecule has 1 aliphatic rings. The molecule has 0 amide bonds. The van der Waals surface area contributed by atoms with E-state index in [2.05, 4.69) is 13.0 Å². The van der Waals surface area contributed by atoms with Gasteiger partial charge in [0.25, 0.3) is 0 Å². The lowest BCUT2D eigenvalue weighted by molar-refractivity contribution is 0.402. The largest absolute Gasteiger partial charge is 0.496 e. The van der Waals surface area contributed by atoms with Crippen LogP contribution in [0.3, 0.4) is 0 Å². The third-order valence-corrected chi connectivity index (χ3v) is 2.97. The number of benzene rings is 1. The summed E-state index contributed by atoms with van der Waals surface area (Å²) in [5.74, 6) is 1.48. The summed E-state index contributed by atoms with van der Waals surface area (Å²) in [7, 11) is 1.69. The first-order valence-corrected chi connectivity index (χ1v) is 4.61. The van der Waals surface area contributed by atoms with Gasteiger partial charge in [-0.2, -0.15) is 0 Å². The molecule has 0 bridgehead atoms. The topological polar surface area (TPSA) is 35.2 Å². The minimum Gasteiger partial charge on any atom is -0.496 e. The van der Waals surface area contributed by atoms with Crippen LogP contribution in [0.1, 0.15) is 18.9 Å². The maximum absolute atomic E-state index is 6.21. The standard InChI is InChI=1S/C11H15NO/c1-8-7-11(8,12)9-5-3-4-6-10(9)13-2/h3-6,8H,7,12H2,1-2H3. The quantitative estimate of drug-likeness (QED) is 0.748. The lowest BCUT2D eigenvalue weighted by atomic mass is 10.0. The van der Waals surface area contributed by atoms with Gasteiger partial charge >= 0.3 is 0 Å². The smallest absolute Gasteiger partial charge is 0.123 e. The molecule has 70 valence electrons. The third-order valence-electron chi connectivity index (χ3n) is 2.97. The summed E-state index contributed by atoms with van der Waals surface area (Å²) in [5, 5.41) is 0. The van der Waals surface area contributed by atoms with Gasteiger partial charge in [-0.1, -0.05) is 25.1 Å². The van der Waals surface area contributed by atoms with E-state index in [9.17, 15) is 0 Å². The van der Waals surface area contributed by atoms with Crippen molar-refractivity contribution in [2.24, 2.45) is 11.7 Å². The summed E-state index contributed by atoms with van der Waals surface area (Å²) in [5.41, 5.74) is 7.22. The molecule has 2 N–H and O–H groups in total. The van der Waals surface area contributed by atoms with Crippen LogP contribution >= 0.6 is 0 Å². The molecule has 2 atom stereocenters. The van der Waals surface area contributed by atoms with Crippen molar-refractivity contribution in [1.82, 2.24) is 0 Å². The van der Waals surface area contributed by atoms with Crippen LogP contribution in [0.25, 0.3) is 0 Å². The third kappa shape index (κ3) is 1.22. The van der Waals surface area contributed by atoms with E-state index in [1.54, 1.807) is 7.11 Å². The SMILES string of the molecule is COc1ccccc1C1(N)CC1C. The Morgan fingerprint density at radius 2 is 2.08 bits per heavy atom. The first kappa shape index (κ1) is 8.57. The monoisotopic (exact) mass is 177 g/mol. The molecule has 0 radical (unpaired) electrons. The molecule has 0 heterocycles. The molecule has 0 aliphatic heterocycles. The molecular formula is C11H15NO. The molecule has 1 aliphatic carbocycles. The zero-order valence-electron chi connectivity index (χ0n) is 8.08. The summed E-state index contributed by atoms with van der Waals surface area (Å²) >= 11 is 0. The van der Waals surface area contributed by atoms with Crippen molar-refractivity contribution >= 4 is 0 Å². The molecule has 0 spiro atoms. The molecule has 1 saturated carbocycles. The normalized spacial score (nSPS) is 31.5. The van der Waals surface area contributed by atoms with Crippen LogP contribution in [-0.4, -0.2) is 7.11 Å². The van der Waals surface area contributed by atoms with Crippen LogP contribution in [0.4, 0.5) is 0 Å². The fraction of sp³-hybridized carbons (Fsp3) is 0.455. The second-order valence-corrected chi connectivity index (χ2v) is 3.85. The van der Waals surface area contributed by atoms with Crippen LogP contribution in [0.15, 0.2) is 24.3 Å². The number of hydrogen-bond acceptors (Lipinski definition) is 2. The van der Waals surface area contributed by atoms with Crippen LogP contribution in [0, 0.1) is 5.92 Å². The van der Waals surface area contributed by atoms with Crippen LogP contribution < -0.4 is 10.5 Å². The molecule has 1 fully saturated rings. The van der Waals surface area contributed by atoms with Crippen LogP contribution in [-0.2, 0) is 5.54 Å². The van der Waals surface area contributed by atoms with Crippen molar-refractivity contribution in [2.45, 2.75) is 18.9 Å². The summed E-state index contributed by atoms with van der Waals surface area (Å²) in [6, 6.07) is 8.01. The molecular weight excluding hydrogens is 162 g/mol. The molecule has 1 aromatic rings. The Bertz CT molecular complexity index is 324. The number of hydrogen-bond donors (Lipinski definition) is 1. The van der Waals surface area contributed by atoms with Gasteiger partial charge in [0.1, 0.15) is 5.75 Å². The predicted molar refractivity (Wildman–Crippen MR) is 52.6 cm³/mol. The maximum atomic E-state index is 6.21. The van der Waals surface area contributed by atoms with E-state index in [0.29, 0.717) is 5.92 Å². The molecule has 2 unspecified atom stereocenters. The van der Waals surface area contributed by atoms with Crippen molar-refractivity contribution in [2.75, 3.05) is 7.11 Å². The Morgan fingerprint density at radius 3 is 2.62 bits per heavy atom. The van der Waals surface area contributed by atoms with Gasteiger partial charge in [-0.05, 0) is 18.4 Å². The van der Waals surface area contributed by atoms with E-state index in [4.69, 9.17) is 10.5 Å². The molecule has 0 aromatic heterocycles. The molecule has 2 nitrogen and oxygen atoms in total. The Morgan fingerprint density at radius 1 is 1.46 bits per heavy atom. The first-order chi connectivity index (χ1) is 6.18. The number of methoxy groups -OCH3 is 1. The van der Waals surface area contributed by atoms with Crippen LogP contribution in [0.2, 0.25) is 0 Å². The highest BCUT2D eigenvalue weighted by Gasteiger charge is 2.50. The summed E-state index contributed by atoms with van der Waals surface area (Å²) < 4.78 is 5.28. The van der Waals surface area contributed by atoms with Crippen molar-refractivity contribution in [3.63, 3.8) is 0 Å². The number of nitrogens with two attached hydrogens (primary N) is 1. The Hall–Kier alpha value is -1.02. The second kappa shape index (κ2) is 2.74. The fourth-order valence-corrected chi connectivity index (χ4v) is 1.85. The van der Waals surface area contributed by atoms with Gasteiger partial charge in [0.2, 0.25) is 0 Å². The predicted octanol–water partition coefficient (Wildman–Crippen LogP) is 1.89. The number of rotatable bonds is 2. The van der Waals surface area contributed by atoms with Crippen molar-refractivity contribution < 1.29 is 4.74 Å². The average molecular weight is 177 g/mol. The molecule has 13 heavy (non-hydrogen) atoms. The van der Waals surface area contributed by atoms with Gasteiger partial charge in [-0.25, -0.2) is 0 Å². The summed E-state index contributed by atoms with van der Waals surface area (Å²) in [6.07, 6.45) is 1.06. The Kier molecular flexibility index (Phi) is 1.81. The van der Waals surface area contributed by atoms with Gasteiger partial charge in [0.05, 0.1) is 7.11 Å². The number of ether oxygens (including phenoxy) is 1. The van der Waals surface area contributed by atoms with Gasteiger partial charge in [-0.15, -0.1) is 0 Å². The van der Waals surface area contributed by atoms with E-state index < -0.39 is 0 Å².